The zero-order chi connectivity index (χ0) is 17.4. The van der Waals surface area contributed by atoms with E-state index in [9.17, 15) is 9.59 Å². The summed E-state index contributed by atoms with van der Waals surface area (Å²) in [6.07, 6.45) is 1.74. The molecule has 1 aromatic rings. The number of rotatable bonds is 8. The smallest absolute Gasteiger partial charge is 0.243 e. The molecule has 0 fully saturated rings. The summed E-state index contributed by atoms with van der Waals surface area (Å²) in [5.41, 5.74) is 0.856. The molecule has 0 unspecified atom stereocenters. The molecule has 0 heterocycles. The van der Waals surface area contributed by atoms with E-state index in [1.165, 1.54) is 0 Å². The molecule has 2 amide bonds. The number of benzene rings is 1. The van der Waals surface area contributed by atoms with Crippen LogP contribution in [0.5, 0.6) is 0 Å². The number of nitrogens with zero attached hydrogens (tertiary/aromatic N) is 1. The van der Waals surface area contributed by atoms with Crippen LogP contribution >= 0.6 is 11.6 Å². The molecule has 1 aromatic carbocycles. The first-order chi connectivity index (χ1) is 10.9. The Morgan fingerprint density at radius 1 is 1.22 bits per heavy atom. The minimum atomic E-state index is -0.479. The van der Waals surface area contributed by atoms with Gasteiger partial charge in [-0.15, -0.1) is 0 Å². The number of carbonyl (C=O) groups is 2. The van der Waals surface area contributed by atoms with Crippen molar-refractivity contribution < 1.29 is 9.59 Å². The standard InChI is InChI=1S/C18H27ClN2O2/c1-5-9-17(22)21(12-14-10-7-8-11-15(14)19)16(6-2)18(23)20-13(3)4/h7-8,10-11,13,16H,5-6,9,12H2,1-4H3,(H,20,23)/t16-/m0/s1. The second kappa shape index (κ2) is 9.56. The van der Waals surface area contributed by atoms with E-state index in [-0.39, 0.29) is 17.9 Å². The molecule has 4 nitrogen and oxygen atoms in total. The Kier molecular flexibility index (Phi) is 8.10. The zero-order valence-electron chi connectivity index (χ0n) is 14.4. The first kappa shape index (κ1) is 19.5. The molecule has 0 aliphatic heterocycles. The number of carbonyl (C=O) groups excluding carboxylic acids is 2. The van der Waals surface area contributed by atoms with Gasteiger partial charge in [0, 0.05) is 24.0 Å². The van der Waals surface area contributed by atoms with Crippen molar-refractivity contribution in [1.82, 2.24) is 10.2 Å². The largest absolute Gasteiger partial charge is 0.352 e. The lowest BCUT2D eigenvalue weighted by Gasteiger charge is -2.31. The van der Waals surface area contributed by atoms with E-state index in [1.54, 1.807) is 11.0 Å². The third kappa shape index (κ3) is 5.87. The van der Waals surface area contributed by atoms with Crippen LogP contribution in [0.1, 0.15) is 52.5 Å². The molecule has 0 aliphatic carbocycles. The van der Waals surface area contributed by atoms with E-state index in [1.807, 2.05) is 45.9 Å². The summed E-state index contributed by atoms with van der Waals surface area (Å²) < 4.78 is 0. The Hall–Kier alpha value is -1.55. The minimum absolute atomic E-state index is 0.0156. The Morgan fingerprint density at radius 2 is 1.87 bits per heavy atom. The number of amides is 2. The number of hydrogen-bond acceptors (Lipinski definition) is 2. The highest BCUT2D eigenvalue weighted by Crippen LogP contribution is 2.20. The maximum absolute atomic E-state index is 12.6. The highest BCUT2D eigenvalue weighted by atomic mass is 35.5. The quantitative estimate of drug-likeness (QED) is 0.784. The fourth-order valence-electron chi connectivity index (χ4n) is 2.47. The average Bonchev–Trinajstić information content (AvgIpc) is 2.48. The van der Waals surface area contributed by atoms with Crippen molar-refractivity contribution in [2.75, 3.05) is 0 Å². The fourth-order valence-corrected chi connectivity index (χ4v) is 2.66. The van der Waals surface area contributed by atoms with Crippen LogP contribution in [0.4, 0.5) is 0 Å². The Balaban J connectivity index is 3.05. The second-order valence-corrected chi connectivity index (χ2v) is 6.36. The molecule has 23 heavy (non-hydrogen) atoms. The van der Waals surface area contributed by atoms with Gasteiger partial charge in [0.1, 0.15) is 6.04 Å². The van der Waals surface area contributed by atoms with E-state index >= 15 is 0 Å². The van der Waals surface area contributed by atoms with Gasteiger partial charge in [0.2, 0.25) is 11.8 Å². The lowest BCUT2D eigenvalue weighted by Crippen LogP contribution is -2.50. The van der Waals surface area contributed by atoms with Crippen molar-refractivity contribution >= 4 is 23.4 Å². The van der Waals surface area contributed by atoms with Crippen molar-refractivity contribution in [3.8, 4) is 0 Å². The second-order valence-electron chi connectivity index (χ2n) is 5.95. The molecule has 1 atom stereocenters. The molecule has 0 aliphatic rings. The van der Waals surface area contributed by atoms with E-state index in [2.05, 4.69) is 5.32 Å². The van der Waals surface area contributed by atoms with Crippen LogP contribution in [-0.2, 0) is 16.1 Å². The van der Waals surface area contributed by atoms with Crippen molar-refractivity contribution in [1.29, 1.82) is 0 Å². The van der Waals surface area contributed by atoms with Crippen molar-refractivity contribution in [2.24, 2.45) is 0 Å². The molecule has 1 rings (SSSR count). The predicted molar refractivity (Wildman–Crippen MR) is 94.3 cm³/mol. The lowest BCUT2D eigenvalue weighted by molar-refractivity contribution is -0.141. The average molecular weight is 339 g/mol. The van der Waals surface area contributed by atoms with Gasteiger partial charge in [0.15, 0.2) is 0 Å². The fraction of sp³-hybridized carbons (Fsp3) is 0.556. The van der Waals surface area contributed by atoms with E-state index in [4.69, 9.17) is 11.6 Å². The molecule has 0 saturated heterocycles. The van der Waals surface area contributed by atoms with Gasteiger partial charge in [0.05, 0.1) is 0 Å². The molecule has 0 saturated carbocycles. The van der Waals surface area contributed by atoms with Crippen molar-refractivity contribution in [3.63, 3.8) is 0 Å². The van der Waals surface area contributed by atoms with Crippen molar-refractivity contribution in [3.05, 3.63) is 34.9 Å². The summed E-state index contributed by atoms with van der Waals surface area (Å²) in [4.78, 5) is 26.7. The maximum atomic E-state index is 12.6. The zero-order valence-corrected chi connectivity index (χ0v) is 15.2. The molecular weight excluding hydrogens is 312 g/mol. The maximum Gasteiger partial charge on any atom is 0.243 e. The normalized spacial score (nSPS) is 12.1. The molecule has 0 radical (unpaired) electrons. The predicted octanol–water partition coefficient (Wildman–Crippen LogP) is 3.77. The Morgan fingerprint density at radius 3 is 2.39 bits per heavy atom. The van der Waals surface area contributed by atoms with E-state index in [0.29, 0.717) is 24.4 Å². The van der Waals surface area contributed by atoms with Gasteiger partial charge in [0.25, 0.3) is 0 Å². The molecular formula is C18H27ClN2O2. The third-order valence-electron chi connectivity index (χ3n) is 3.58. The van der Waals surface area contributed by atoms with Gasteiger partial charge in [-0.25, -0.2) is 0 Å². The van der Waals surface area contributed by atoms with Gasteiger partial charge in [-0.3, -0.25) is 9.59 Å². The molecule has 0 aromatic heterocycles. The van der Waals surface area contributed by atoms with Gasteiger partial charge in [-0.05, 0) is 38.3 Å². The Labute approximate surface area is 144 Å². The molecule has 128 valence electrons. The summed E-state index contributed by atoms with van der Waals surface area (Å²) >= 11 is 6.22. The van der Waals surface area contributed by atoms with Crippen LogP contribution in [0.3, 0.4) is 0 Å². The summed E-state index contributed by atoms with van der Waals surface area (Å²) in [6, 6.07) is 7.00. The van der Waals surface area contributed by atoms with Crippen molar-refractivity contribution in [2.45, 2.75) is 65.6 Å². The van der Waals surface area contributed by atoms with Crippen LogP contribution in [0.15, 0.2) is 24.3 Å². The van der Waals surface area contributed by atoms with E-state index < -0.39 is 6.04 Å². The third-order valence-corrected chi connectivity index (χ3v) is 3.95. The summed E-state index contributed by atoms with van der Waals surface area (Å²) in [6.45, 7) is 8.06. The Bertz CT molecular complexity index is 532. The minimum Gasteiger partial charge on any atom is -0.352 e. The highest BCUT2D eigenvalue weighted by molar-refractivity contribution is 6.31. The lowest BCUT2D eigenvalue weighted by atomic mass is 10.1. The van der Waals surface area contributed by atoms with Gasteiger partial charge < -0.3 is 10.2 Å². The molecule has 0 spiro atoms. The first-order valence-electron chi connectivity index (χ1n) is 8.23. The van der Waals surface area contributed by atoms with Crippen LogP contribution in [0.2, 0.25) is 5.02 Å². The summed E-state index contributed by atoms with van der Waals surface area (Å²) in [7, 11) is 0. The monoisotopic (exact) mass is 338 g/mol. The summed E-state index contributed by atoms with van der Waals surface area (Å²) in [5, 5.41) is 3.52. The van der Waals surface area contributed by atoms with Crippen LogP contribution < -0.4 is 5.32 Å². The molecule has 1 N–H and O–H groups in total. The van der Waals surface area contributed by atoms with Crippen LogP contribution in [-0.4, -0.2) is 28.8 Å². The SMILES string of the molecule is CCCC(=O)N(Cc1ccccc1Cl)[C@@H](CC)C(=O)NC(C)C. The number of nitrogens with one attached hydrogen (secondary N) is 1. The molecule has 5 heteroatoms. The van der Waals surface area contributed by atoms with Gasteiger partial charge in [-0.2, -0.15) is 0 Å². The highest BCUT2D eigenvalue weighted by Gasteiger charge is 2.28. The van der Waals surface area contributed by atoms with E-state index in [0.717, 1.165) is 12.0 Å². The van der Waals surface area contributed by atoms with Crippen LogP contribution in [0.25, 0.3) is 0 Å². The first-order valence-corrected chi connectivity index (χ1v) is 8.61. The number of halogens is 1. The topological polar surface area (TPSA) is 49.4 Å². The summed E-state index contributed by atoms with van der Waals surface area (Å²) in [5.74, 6) is -0.128. The number of hydrogen-bond donors (Lipinski definition) is 1. The van der Waals surface area contributed by atoms with Gasteiger partial charge in [-0.1, -0.05) is 43.6 Å². The molecule has 0 bridgehead atoms. The van der Waals surface area contributed by atoms with Crippen LogP contribution in [0, 0.1) is 0 Å². The van der Waals surface area contributed by atoms with Gasteiger partial charge >= 0.3 is 0 Å².